The molecule has 2 aromatic heterocycles. The van der Waals surface area contributed by atoms with Crippen LogP contribution in [0.2, 0.25) is 0 Å². The molecular formula is C12H14N4O4S. The number of aromatic nitrogens is 3. The number of nitrogens with zero attached hydrogens (tertiary/aromatic N) is 4. The van der Waals surface area contributed by atoms with Crippen LogP contribution in [0.1, 0.15) is 40.7 Å². The number of carbonyl (C=O) groups is 1. The van der Waals surface area contributed by atoms with Crippen molar-refractivity contribution in [3.05, 3.63) is 37.6 Å². The number of nitro groups is 1. The monoisotopic (exact) mass is 310 g/mol. The zero-order chi connectivity index (χ0) is 15.6. The Bertz CT molecular complexity index is 691. The fraction of sp³-hybridized carbons (Fsp3) is 0.417. The van der Waals surface area contributed by atoms with E-state index in [1.54, 1.807) is 5.38 Å². The summed E-state index contributed by atoms with van der Waals surface area (Å²) in [6.45, 7) is 3.86. The first-order chi connectivity index (χ1) is 9.97. The highest BCUT2D eigenvalue weighted by atomic mass is 32.1. The van der Waals surface area contributed by atoms with Gasteiger partial charge in [0.25, 0.3) is 0 Å². The van der Waals surface area contributed by atoms with Crippen molar-refractivity contribution >= 4 is 23.0 Å². The average molecular weight is 310 g/mol. The van der Waals surface area contributed by atoms with Crippen LogP contribution in [-0.2, 0) is 19.4 Å². The van der Waals surface area contributed by atoms with Gasteiger partial charge in [-0.15, -0.1) is 11.3 Å². The molecule has 0 amide bonds. The summed E-state index contributed by atoms with van der Waals surface area (Å²) >= 11 is 1.03. The molecule has 9 heteroatoms. The summed E-state index contributed by atoms with van der Waals surface area (Å²) in [6, 6.07) is 0. The first kappa shape index (κ1) is 15.1. The second kappa shape index (κ2) is 6.00. The van der Waals surface area contributed by atoms with Gasteiger partial charge in [-0.1, -0.05) is 13.8 Å². The molecule has 2 rings (SSSR count). The molecule has 112 valence electrons. The van der Waals surface area contributed by atoms with E-state index in [0.717, 1.165) is 11.3 Å². The number of rotatable bonds is 6. The van der Waals surface area contributed by atoms with E-state index in [1.165, 1.54) is 4.68 Å². The third-order valence-electron chi connectivity index (χ3n) is 3.00. The molecule has 0 aliphatic carbocycles. The Balaban J connectivity index is 2.39. The number of hydrogen-bond acceptors (Lipinski definition) is 6. The molecule has 2 aromatic rings. The summed E-state index contributed by atoms with van der Waals surface area (Å²) in [5, 5.41) is 25.9. The fourth-order valence-electron chi connectivity index (χ4n) is 2.10. The summed E-state index contributed by atoms with van der Waals surface area (Å²) in [5.74, 6) is -1.08. The number of aromatic carboxylic acids is 1. The Labute approximate surface area is 124 Å². The van der Waals surface area contributed by atoms with Gasteiger partial charge in [-0.3, -0.25) is 14.8 Å². The van der Waals surface area contributed by atoms with Gasteiger partial charge in [-0.25, -0.2) is 9.78 Å². The summed E-state index contributed by atoms with van der Waals surface area (Å²) in [4.78, 5) is 25.6. The highest BCUT2D eigenvalue weighted by molar-refractivity contribution is 7.11. The lowest BCUT2D eigenvalue weighted by atomic mass is 10.2. The number of carboxylic acid groups (broad SMARTS) is 1. The molecule has 21 heavy (non-hydrogen) atoms. The molecule has 0 saturated heterocycles. The molecule has 0 aliphatic heterocycles. The van der Waals surface area contributed by atoms with Gasteiger partial charge in [0.2, 0.25) is 5.01 Å². The molecule has 0 bridgehead atoms. The normalized spacial score (nSPS) is 10.8. The van der Waals surface area contributed by atoms with Gasteiger partial charge in [-0.05, 0) is 12.8 Å². The number of aryl methyl sites for hydroxylation is 1. The van der Waals surface area contributed by atoms with Crippen LogP contribution >= 0.6 is 11.3 Å². The highest BCUT2D eigenvalue weighted by Crippen LogP contribution is 2.25. The van der Waals surface area contributed by atoms with Crippen molar-refractivity contribution in [2.75, 3.05) is 0 Å². The Morgan fingerprint density at radius 1 is 1.48 bits per heavy atom. The third-order valence-corrected chi connectivity index (χ3v) is 3.88. The molecule has 1 N–H and O–H groups in total. The van der Waals surface area contributed by atoms with Crippen LogP contribution in [0.4, 0.5) is 5.69 Å². The lowest BCUT2D eigenvalue weighted by Crippen LogP contribution is -2.07. The number of hydrogen-bond donors (Lipinski definition) is 1. The number of carboxylic acids is 1. The van der Waals surface area contributed by atoms with Crippen molar-refractivity contribution in [1.29, 1.82) is 0 Å². The Kier molecular flexibility index (Phi) is 4.32. The predicted octanol–water partition coefficient (Wildman–Crippen LogP) is 2.12. The highest BCUT2D eigenvalue weighted by Gasteiger charge is 2.25. The Hall–Kier alpha value is -2.29. The average Bonchev–Trinajstić information content (AvgIpc) is 3.03. The maximum Gasteiger partial charge on any atom is 0.365 e. The van der Waals surface area contributed by atoms with E-state index in [9.17, 15) is 14.9 Å². The maximum absolute atomic E-state index is 11.2. The molecule has 0 aliphatic rings. The van der Waals surface area contributed by atoms with E-state index in [1.807, 2.05) is 13.8 Å². The lowest BCUT2D eigenvalue weighted by molar-refractivity contribution is -0.386. The van der Waals surface area contributed by atoms with Gasteiger partial charge in [0, 0.05) is 5.38 Å². The van der Waals surface area contributed by atoms with Crippen LogP contribution in [-0.4, -0.2) is 30.8 Å². The fourth-order valence-corrected chi connectivity index (χ4v) is 2.75. The first-order valence-corrected chi connectivity index (χ1v) is 7.26. The van der Waals surface area contributed by atoms with E-state index in [2.05, 4.69) is 10.1 Å². The van der Waals surface area contributed by atoms with Crippen molar-refractivity contribution in [1.82, 2.24) is 14.8 Å². The van der Waals surface area contributed by atoms with Crippen LogP contribution in [0.15, 0.2) is 5.38 Å². The van der Waals surface area contributed by atoms with Gasteiger partial charge in [0.1, 0.15) is 11.4 Å². The van der Waals surface area contributed by atoms with E-state index in [-0.39, 0.29) is 17.2 Å². The zero-order valence-electron chi connectivity index (χ0n) is 11.6. The van der Waals surface area contributed by atoms with Gasteiger partial charge in [0.05, 0.1) is 17.2 Å². The minimum atomic E-state index is -1.08. The van der Waals surface area contributed by atoms with Gasteiger partial charge < -0.3 is 5.11 Å². The lowest BCUT2D eigenvalue weighted by Gasteiger charge is -2.02. The van der Waals surface area contributed by atoms with Gasteiger partial charge in [-0.2, -0.15) is 5.10 Å². The Morgan fingerprint density at radius 3 is 2.67 bits per heavy atom. The summed E-state index contributed by atoms with van der Waals surface area (Å²) in [5.41, 5.74) is 1.55. The van der Waals surface area contributed by atoms with Crippen molar-refractivity contribution in [3.63, 3.8) is 0 Å². The van der Waals surface area contributed by atoms with E-state index in [4.69, 9.17) is 5.11 Å². The smallest absolute Gasteiger partial charge is 0.365 e. The molecule has 0 unspecified atom stereocenters. The summed E-state index contributed by atoms with van der Waals surface area (Å²) < 4.78 is 1.54. The number of thiazole rings is 1. The predicted molar refractivity (Wildman–Crippen MR) is 75.8 cm³/mol. The molecule has 0 fully saturated rings. The first-order valence-electron chi connectivity index (χ1n) is 6.38. The van der Waals surface area contributed by atoms with Gasteiger partial charge in [0.15, 0.2) is 0 Å². The second-order valence-corrected chi connectivity index (χ2v) is 5.17. The quantitative estimate of drug-likeness (QED) is 0.646. The minimum absolute atomic E-state index is 0.000388. The standard InChI is InChI=1S/C12H14N4O4S/c1-3-8-10(16(19)20)9(4-2)15(14-8)5-7-6-21-11(13-7)12(17)18/h6H,3-5H2,1-2H3,(H,17,18). The molecule has 0 aromatic carbocycles. The van der Waals surface area contributed by atoms with Crippen LogP contribution in [0, 0.1) is 10.1 Å². The van der Waals surface area contributed by atoms with Crippen LogP contribution < -0.4 is 0 Å². The van der Waals surface area contributed by atoms with Crippen molar-refractivity contribution in [3.8, 4) is 0 Å². The topological polar surface area (TPSA) is 111 Å². The molecule has 0 spiro atoms. The summed E-state index contributed by atoms with van der Waals surface area (Å²) in [7, 11) is 0. The van der Waals surface area contributed by atoms with Gasteiger partial charge >= 0.3 is 11.7 Å². The van der Waals surface area contributed by atoms with Crippen LogP contribution in [0.3, 0.4) is 0 Å². The molecule has 2 heterocycles. The van der Waals surface area contributed by atoms with E-state index < -0.39 is 10.9 Å². The van der Waals surface area contributed by atoms with Crippen LogP contribution in [0.25, 0.3) is 0 Å². The van der Waals surface area contributed by atoms with E-state index in [0.29, 0.717) is 29.9 Å². The third kappa shape index (κ3) is 2.92. The molecular weight excluding hydrogens is 296 g/mol. The van der Waals surface area contributed by atoms with Crippen LogP contribution in [0.5, 0.6) is 0 Å². The second-order valence-electron chi connectivity index (χ2n) is 4.31. The largest absolute Gasteiger partial charge is 0.476 e. The zero-order valence-corrected chi connectivity index (χ0v) is 12.4. The molecule has 8 nitrogen and oxygen atoms in total. The van der Waals surface area contributed by atoms with Crippen molar-refractivity contribution < 1.29 is 14.8 Å². The Morgan fingerprint density at radius 2 is 2.19 bits per heavy atom. The van der Waals surface area contributed by atoms with Crippen molar-refractivity contribution in [2.45, 2.75) is 33.2 Å². The molecule has 0 radical (unpaired) electrons. The maximum atomic E-state index is 11.2. The van der Waals surface area contributed by atoms with E-state index >= 15 is 0 Å². The summed E-state index contributed by atoms with van der Waals surface area (Å²) in [6.07, 6.45) is 0.937. The molecule has 0 atom stereocenters. The SMILES string of the molecule is CCc1nn(Cc2csc(C(=O)O)n2)c(CC)c1[N+](=O)[O-]. The van der Waals surface area contributed by atoms with Crippen molar-refractivity contribution in [2.24, 2.45) is 0 Å². The molecule has 0 saturated carbocycles. The minimum Gasteiger partial charge on any atom is -0.476 e.